The summed E-state index contributed by atoms with van der Waals surface area (Å²) >= 11 is 0. The molecule has 0 amide bonds. The summed E-state index contributed by atoms with van der Waals surface area (Å²) in [6, 6.07) is 7.18. The fourth-order valence-corrected chi connectivity index (χ4v) is 12.5. The number of hydrogen-bond acceptors (Lipinski definition) is 6. The Hall–Kier alpha value is -6.14. The molecular weight excluding hydrogens is 1180 g/mol. The van der Waals surface area contributed by atoms with E-state index in [1.165, 1.54) is 146 Å². The van der Waals surface area contributed by atoms with Crippen molar-refractivity contribution in [2.75, 3.05) is 14.2 Å². The number of benzene rings is 1. The minimum absolute atomic E-state index is 0.00526. The van der Waals surface area contributed by atoms with Gasteiger partial charge in [-0.3, -0.25) is 19.2 Å². The lowest BCUT2D eigenvalue weighted by Crippen LogP contribution is -2.24. The van der Waals surface area contributed by atoms with E-state index >= 15 is 0 Å². The number of ether oxygens (including phenoxy) is 2. The number of carbonyl (C=O) groups excluding carboxylic acids is 4. The third kappa shape index (κ3) is 36.4. The van der Waals surface area contributed by atoms with Crippen LogP contribution in [0.4, 0.5) is 0 Å². The van der Waals surface area contributed by atoms with Gasteiger partial charge in [0.15, 0.2) is 11.6 Å². The van der Waals surface area contributed by atoms with Crippen molar-refractivity contribution in [3.63, 3.8) is 0 Å². The quantitative estimate of drug-likeness (QED) is 0.0478. The van der Waals surface area contributed by atoms with Crippen molar-refractivity contribution in [2.24, 2.45) is 17.8 Å². The molecule has 96 heavy (non-hydrogen) atoms. The molecule has 0 saturated heterocycles. The molecule has 3 rings (SSSR count). The van der Waals surface area contributed by atoms with Gasteiger partial charge in [0.2, 0.25) is 23.1 Å². The highest BCUT2D eigenvalue weighted by molar-refractivity contribution is 6.27. The Labute approximate surface area is 588 Å². The van der Waals surface area contributed by atoms with Crippen molar-refractivity contribution in [1.82, 2.24) is 0 Å². The molecule has 6 nitrogen and oxygen atoms in total. The van der Waals surface area contributed by atoms with E-state index in [1.54, 1.807) is 26.0 Å². The number of rotatable bonds is 45. The van der Waals surface area contributed by atoms with Crippen LogP contribution >= 0.6 is 0 Å². The van der Waals surface area contributed by atoms with E-state index in [-0.39, 0.29) is 34.7 Å². The third-order valence-corrected chi connectivity index (χ3v) is 19.4. The van der Waals surface area contributed by atoms with Crippen molar-refractivity contribution in [1.29, 1.82) is 0 Å². The zero-order chi connectivity index (χ0) is 71.5. The van der Waals surface area contributed by atoms with E-state index in [0.29, 0.717) is 46.3 Å². The van der Waals surface area contributed by atoms with Gasteiger partial charge in [0.25, 0.3) is 0 Å². The molecule has 2 aliphatic rings. The van der Waals surface area contributed by atoms with Crippen molar-refractivity contribution < 1.29 is 28.7 Å². The van der Waals surface area contributed by atoms with Gasteiger partial charge in [-0.25, -0.2) is 0 Å². The van der Waals surface area contributed by atoms with E-state index in [9.17, 15) is 19.2 Å². The first-order valence-corrected chi connectivity index (χ1v) is 37.4. The molecule has 0 fully saturated rings. The van der Waals surface area contributed by atoms with E-state index in [1.807, 2.05) is 12.1 Å². The maximum absolute atomic E-state index is 12.9. The van der Waals surface area contributed by atoms with E-state index in [0.717, 1.165) is 120 Å². The standard InChI is InChI=1S/C59H90O4.C31H46O2/c1-44(2)24-15-25-45(3)26-16-27-46(4)28-17-29-47(5)30-18-31-48(6)32-19-33-49(7)34-20-35-50(8)36-21-37-51(9)38-22-39-52(10)40-23-41-53(11)42-43-55-54(12)56(60)58(62-13)59(63-14)57(55)61;1-22(2)12-9-13-23(3)14-10-15-24(4)16-11-17-25(5)20-21-27-26(6)30(32)28-18-7-8-19-29(28)31(27)33/h24,26,28,30,32,34,36,38,40,42H,15-23,25,27,29,31,33,35,37,39,41,43H2,1-14H3;7-8,18-20,22-24H,9-17,21H2,1-6H3/b45-26+,46-28+,47-30+,48-32+,49-34+,50-36+,51-38+,52-40+,53-42+;. The molecular formula is C90H136O6. The molecule has 0 bridgehead atoms. The molecule has 2 atom stereocenters. The summed E-state index contributed by atoms with van der Waals surface area (Å²) in [4.78, 5) is 51.1. The first kappa shape index (κ1) is 85.9. The maximum Gasteiger partial charge on any atom is 0.228 e. The fourth-order valence-electron chi connectivity index (χ4n) is 12.5. The van der Waals surface area contributed by atoms with Gasteiger partial charge in [-0.15, -0.1) is 0 Å². The lowest BCUT2D eigenvalue weighted by molar-refractivity contribution is -0.121. The maximum atomic E-state index is 12.9. The molecule has 0 radical (unpaired) electrons. The smallest absolute Gasteiger partial charge is 0.228 e. The number of carbonyl (C=O) groups is 4. The Balaban J connectivity index is 0.000000792. The summed E-state index contributed by atoms with van der Waals surface area (Å²) in [5.41, 5.74) is 19.2. The van der Waals surface area contributed by atoms with Crippen LogP contribution in [0.1, 0.15) is 332 Å². The second-order valence-electron chi connectivity index (χ2n) is 29.5. The Kier molecular flexibility index (Phi) is 44.2. The van der Waals surface area contributed by atoms with Crippen LogP contribution in [0.25, 0.3) is 0 Å². The van der Waals surface area contributed by atoms with Gasteiger partial charge >= 0.3 is 0 Å². The van der Waals surface area contributed by atoms with Crippen molar-refractivity contribution >= 4 is 23.1 Å². The minimum atomic E-state index is -0.284. The largest absolute Gasteiger partial charge is 0.489 e. The van der Waals surface area contributed by atoms with Gasteiger partial charge in [0.05, 0.1) is 14.2 Å². The summed E-state index contributed by atoms with van der Waals surface area (Å²) < 4.78 is 10.3. The summed E-state index contributed by atoms with van der Waals surface area (Å²) in [6.07, 6.45) is 58.7. The highest BCUT2D eigenvalue weighted by Crippen LogP contribution is 2.31. The number of Topliss-reactive ketones (excluding diaryl/α,β-unsaturated/α-hetero) is 4. The Morgan fingerprint density at radius 2 is 0.604 bits per heavy atom. The molecule has 0 spiro atoms. The molecule has 1 aromatic rings. The number of allylic oxidation sites excluding steroid dienone is 26. The number of methoxy groups -OCH3 is 2. The van der Waals surface area contributed by atoms with Gasteiger partial charge in [0, 0.05) is 33.4 Å². The lowest BCUT2D eigenvalue weighted by atomic mass is 9.83. The highest BCUT2D eigenvalue weighted by Gasteiger charge is 2.34. The molecule has 6 heteroatoms. The van der Waals surface area contributed by atoms with Crippen molar-refractivity contribution in [2.45, 2.75) is 311 Å². The Morgan fingerprint density at radius 3 is 0.938 bits per heavy atom. The normalized spacial score (nSPS) is 16.1. The summed E-state index contributed by atoms with van der Waals surface area (Å²) in [5, 5.41) is 0. The molecule has 532 valence electrons. The van der Waals surface area contributed by atoms with E-state index in [4.69, 9.17) is 9.47 Å². The van der Waals surface area contributed by atoms with Crippen LogP contribution in [0, 0.1) is 17.8 Å². The molecule has 0 heterocycles. The molecule has 0 aromatic heterocycles. The zero-order valence-corrected chi connectivity index (χ0v) is 64.8. The summed E-state index contributed by atoms with van der Waals surface area (Å²) in [7, 11) is 2.78. The monoisotopic (exact) mass is 1310 g/mol. The van der Waals surface area contributed by atoms with E-state index < -0.39 is 0 Å². The first-order chi connectivity index (χ1) is 45.7. The minimum Gasteiger partial charge on any atom is -0.489 e. The van der Waals surface area contributed by atoms with Gasteiger partial charge in [0.1, 0.15) is 0 Å². The molecule has 0 saturated carbocycles. The lowest BCUT2D eigenvalue weighted by Gasteiger charge is -2.19. The second kappa shape index (κ2) is 49.4. The number of ketones is 4. The average molecular weight is 1310 g/mol. The van der Waals surface area contributed by atoms with Crippen LogP contribution in [-0.4, -0.2) is 37.4 Å². The zero-order valence-electron chi connectivity index (χ0n) is 64.8. The van der Waals surface area contributed by atoms with Gasteiger partial charge in [-0.2, -0.15) is 0 Å². The Morgan fingerprint density at radius 1 is 0.333 bits per heavy atom. The highest BCUT2D eigenvalue weighted by atomic mass is 16.5. The fraction of sp³-hybridized carbons (Fsp3) is 0.578. The molecule has 1 aromatic carbocycles. The third-order valence-electron chi connectivity index (χ3n) is 19.4. The van der Waals surface area contributed by atoms with Gasteiger partial charge in [-0.05, 0) is 256 Å². The van der Waals surface area contributed by atoms with Crippen molar-refractivity contribution in [3.05, 3.63) is 197 Å². The summed E-state index contributed by atoms with van der Waals surface area (Å²) in [6.45, 7) is 39.7. The van der Waals surface area contributed by atoms with Crippen LogP contribution < -0.4 is 0 Å². The van der Waals surface area contributed by atoms with Crippen LogP contribution in [0.5, 0.6) is 0 Å². The van der Waals surface area contributed by atoms with Crippen molar-refractivity contribution in [3.8, 4) is 0 Å². The molecule has 2 unspecified atom stereocenters. The summed E-state index contributed by atoms with van der Waals surface area (Å²) in [5.74, 6) is 1.91. The SMILES string of the molecule is CC(=CCC1=C(C)C(=O)c2ccccc2C1=O)CCCC(C)CCCC(C)CCCC(C)C.COC1=C(OC)C(=O)C(C/C=C(\C)CC/C=C(\C)CC/C=C(\C)CC/C=C(\C)CC/C=C(\C)CC/C=C(\C)CC/C=C(\C)CC/C=C(\C)CC/C=C(\C)CCC=C(C)C)=C(C)C1=O. The average Bonchev–Trinajstić information content (AvgIpc) is 0.792. The molecule has 0 N–H and O–H groups in total. The predicted molar refractivity (Wildman–Crippen MR) is 416 cm³/mol. The van der Waals surface area contributed by atoms with Crippen LogP contribution in [-0.2, 0) is 19.1 Å². The predicted octanol–water partition coefficient (Wildman–Crippen LogP) is 27.0. The number of hydrogen-bond donors (Lipinski definition) is 0. The van der Waals surface area contributed by atoms with Crippen LogP contribution in [0.2, 0.25) is 0 Å². The second-order valence-corrected chi connectivity index (χ2v) is 29.5. The van der Waals surface area contributed by atoms with Crippen LogP contribution in [0.15, 0.2) is 186 Å². The topological polar surface area (TPSA) is 86.7 Å². The van der Waals surface area contributed by atoms with Crippen LogP contribution in [0.3, 0.4) is 0 Å². The molecule has 0 aliphatic heterocycles. The van der Waals surface area contributed by atoms with E-state index in [2.05, 4.69) is 178 Å². The number of fused-ring (bicyclic) bond motifs is 1. The van der Waals surface area contributed by atoms with Gasteiger partial charge < -0.3 is 9.47 Å². The first-order valence-electron chi connectivity index (χ1n) is 37.4. The van der Waals surface area contributed by atoms with Gasteiger partial charge in [-0.1, -0.05) is 225 Å². The molecule has 2 aliphatic carbocycles. The Bertz CT molecular complexity index is 3080.